The molecule has 2 rings (SSSR count). The number of nitrogens with one attached hydrogen (secondary N) is 2. The van der Waals surface area contributed by atoms with Crippen molar-refractivity contribution in [1.29, 1.82) is 5.26 Å². The minimum atomic E-state index is -0.669. The van der Waals surface area contributed by atoms with Crippen molar-refractivity contribution in [3.05, 3.63) is 0 Å². The summed E-state index contributed by atoms with van der Waals surface area (Å²) < 4.78 is 0. The van der Waals surface area contributed by atoms with Gasteiger partial charge in [-0.3, -0.25) is 10.1 Å². The number of imide groups is 1. The quantitative estimate of drug-likeness (QED) is 0.653. The van der Waals surface area contributed by atoms with Crippen LogP contribution in [0.3, 0.4) is 0 Å². The van der Waals surface area contributed by atoms with Gasteiger partial charge < -0.3 is 5.32 Å². The Morgan fingerprint density at radius 3 is 2.93 bits per heavy atom. The maximum Gasteiger partial charge on any atom is 0.322 e. The summed E-state index contributed by atoms with van der Waals surface area (Å²) in [5, 5.41) is 13.5. The van der Waals surface area contributed by atoms with Crippen molar-refractivity contribution in [3.8, 4) is 6.07 Å². The molecule has 5 nitrogen and oxygen atoms in total. The summed E-state index contributed by atoms with van der Waals surface area (Å²) in [5.74, 6) is 0.181. The van der Waals surface area contributed by atoms with Gasteiger partial charge in [-0.2, -0.15) is 5.26 Å². The van der Waals surface area contributed by atoms with Gasteiger partial charge in [0.1, 0.15) is 5.54 Å². The zero-order valence-electron chi connectivity index (χ0n) is 8.38. The predicted molar refractivity (Wildman–Crippen MR) is 51.6 cm³/mol. The molecule has 2 aliphatic rings. The van der Waals surface area contributed by atoms with E-state index in [1.54, 1.807) is 0 Å². The summed E-state index contributed by atoms with van der Waals surface area (Å²) in [5.41, 5.74) is -0.669. The monoisotopic (exact) mass is 207 g/mol. The molecule has 1 saturated heterocycles. The normalized spacial score (nSPS) is 33.9. The van der Waals surface area contributed by atoms with Crippen LogP contribution >= 0.6 is 0 Å². The molecule has 2 unspecified atom stereocenters. The second kappa shape index (κ2) is 3.54. The summed E-state index contributed by atoms with van der Waals surface area (Å²) in [6.07, 6.45) is 3.63. The molecule has 80 valence electrons. The highest BCUT2D eigenvalue weighted by molar-refractivity contribution is 6.07. The van der Waals surface area contributed by atoms with Crippen LogP contribution in [0, 0.1) is 17.2 Å². The van der Waals surface area contributed by atoms with Crippen molar-refractivity contribution in [3.63, 3.8) is 0 Å². The number of carbonyl (C=O) groups excluding carboxylic acids is 2. The van der Waals surface area contributed by atoms with Crippen LogP contribution in [0.1, 0.15) is 32.1 Å². The Kier molecular flexibility index (Phi) is 2.35. The van der Waals surface area contributed by atoms with Gasteiger partial charge >= 0.3 is 6.03 Å². The molecule has 0 aromatic rings. The number of amides is 3. The Bertz CT molecular complexity index is 347. The zero-order valence-corrected chi connectivity index (χ0v) is 8.38. The molecule has 1 spiro atoms. The van der Waals surface area contributed by atoms with Crippen LogP contribution in [0.2, 0.25) is 0 Å². The highest BCUT2D eigenvalue weighted by Gasteiger charge is 2.50. The highest BCUT2D eigenvalue weighted by Crippen LogP contribution is 2.38. The summed E-state index contributed by atoms with van der Waals surface area (Å²) in [6, 6.07) is 1.72. The van der Waals surface area contributed by atoms with E-state index in [0.29, 0.717) is 25.2 Å². The Morgan fingerprint density at radius 2 is 2.33 bits per heavy atom. The third-order valence-electron chi connectivity index (χ3n) is 3.30. The fourth-order valence-corrected chi connectivity index (χ4v) is 2.51. The third-order valence-corrected chi connectivity index (χ3v) is 3.30. The molecule has 1 saturated carbocycles. The lowest BCUT2D eigenvalue weighted by Crippen LogP contribution is -2.44. The van der Waals surface area contributed by atoms with Gasteiger partial charge in [0.2, 0.25) is 0 Å². The molecular weight excluding hydrogens is 194 g/mol. The first-order valence-electron chi connectivity index (χ1n) is 5.17. The number of carbonyl (C=O) groups is 2. The molecular formula is C10H13N3O2. The van der Waals surface area contributed by atoms with E-state index in [1.165, 1.54) is 0 Å². The van der Waals surface area contributed by atoms with Gasteiger partial charge in [-0.25, -0.2) is 4.79 Å². The molecule has 1 aliphatic heterocycles. The average Bonchev–Trinajstić information content (AvgIpc) is 2.70. The maximum atomic E-state index is 11.6. The fraction of sp³-hybridized carbons (Fsp3) is 0.700. The van der Waals surface area contributed by atoms with Gasteiger partial charge in [0.05, 0.1) is 6.07 Å². The van der Waals surface area contributed by atoms with E-state index in [-0.39, 0.29) is 11.9 Å². The van der Waals surface area contributed by atoms with Crippen molar-refractivity contribution in [2.75, 3.05) is 0 Å². The minimum Gasteiger partial charge on any atom is -0.323 e. The SMILES string of the molecule is N#CCCC1CCC2(C1)NC(=O)NC2=O. The van der Waals surface area contributed by atoms with Crippen LogP contribution < -0.4 is 10.6 Å². The van der Waals surface area contributed by atoms with Crippen molar-refractivity contribution < 1.29 is 9.59 Å². The molecule has 5 heteroatoms. The summed E-state index contributed by atoms with van der Waals surface area (Å²) in [4.78, 5) is 22.6. The van der Waals surface area contributed by atoms with E-state index in [9.17, 15) is 9.59 Å². The standard InChI is InChI=1S/C10H13N3O2/c11-5-1-2-7-3-4-10(6-7)8(14)12-9(15)13-10/h7H,1-4,6H2,(H2,12,13,14,15). The van der Waals surface area contributed by atoms with Crippen molar-refractivity contribution in [2.45, 2.75) is 37.6 Å². The molecule has 2 N–H and O–H groups in total. The van der Waals surface area contributed by atoms with Gasteiger partial charge in [0, 0.05) is 6.42 Å². The molecule has 0 aromatic heterocycles. The van der Waals surface area contributed by atoms with Crippen LogP contribution in [0.25, 0.3) is 0 Å². The largest absolute Gasteiger partial charge is 0.323 e. The average molecular weight is 207 g/mol. The van der Waals surface area contributed by atoms with Crippen LogP contribution in [0.15, 0.2) is 0 Å². The Balaban J connectivity index is 2.00. The number of rotatable bonds is 2. The molecule has 0 bridgehead atoms. The Morgan fingerprint density at radius 1 is 1.53 bits per heavy atom. The van der Waals surface area contributed by atoms with Crippen LogP contribution in [-0.2, 0) is 4.79 Å². The topological polar surface area (TPSA) is 82.0 Å². The van der Waals surface area contributed by atoms with E-state index in [1.807, 2.05) is 0 Å². The Labute approximate surface area is 87.8 Å². The van der Waals surface area contributed by atoms with Gasteiger partial charge in [-0.15, -0.1) is 0 Å². The highest BCUT2D eigenvalue weighted by atomic mass is 16.2. The van der Waals surface area contributed by atoms with E-state index < -0.39 is 5.54 Å². The maximum absolute atomic E-state index is 11.6. The predicted octanol–water partition coefficient (Wildman–Crippen LogP) is 0.668. The number of nitriles is 1. The van der Waals surface area contributed by atoms with Crippen LogP contribution in [-0.4, -0.2) is 17.5 Å². The summed E-state index contributed by atoms with van der Waals surface area (Å²) in [7, 11) is 0. The van der Waals surface area contributed by atoms with Crippen LogP contribution in [0.5, 0.6) is 0 Å². The number of hydrogen-bond donors (Lipinski definition) is 2. The number of urea groups is 1. The first-order valence-corrected chi connectivity index (χ1v) is 5.17. The lowest BCUT2D eigenvalue weighted by atomic mass is 9.94. The molecule has 15 heavy (non-hydrogen) atoms. The number of hydrogen-bond acceptors (Lipinski definition) is 3. The minimum absolute atomic E-state index is 0.202. The summed E-state index contributed by atoms with van der Waals surface area (Å²) in [6.45, 7) is 0. The van der Waals surface area contributed by atoms with Crippen molar-refractivity contribution >= 4 is 11.9 Å². The van der Waals surface area contributed by atoms with Crippen molar-refractivity contribution in [1.82, 2.24) is 10.6 Å². The second-order valence-corrected chi connectivity index (χ2v) is 4.30. The molecule has 2 atom stereocenters. The smallest absolute Gasteiger partial charge is 0.322 e. The fourth-order valence-electron chi connectivity index (χ4n) is 2.51. The molecule has 0 aromatic carbocycles. The lowest BCUT2D eigenvalue weighted by Gasteiger charge is -2.19. The lowest BCUT2D eigenvalue weighted by molar-refractivity contribution is -0.123. The number of nitrogens with zero attached hydrogens (tertiary/aromatic N) is 1. The second-order valence-electron chi connectivity index (χ2n) is 4.30. The third kappa shape index (κ3) is 1.67. The van der Waals surface area contributed by atoms with Gasteiger partial charge in [0.25, 0.3) is 5.91 Å². The summed E-state index contributed by atoms with van der Waals surface area (Å²) >= 11 is 0. The Hall–Kier alpha value is -1.57. The van der Waals surface area contributed by atoms with Gasteiger partial charge in [0.15, 0.2) is 0 Å². The van der Waals surface area contributed by atoms with Crippen LogP contribution in [0.4, 0.5) is 4.79 Å². The van der Waals surface area contributed by atoms with Gasteiger partial charge in [-0.1, -0.05) is 0 Å². The molecule has 1 aliphatic carbocycles. The molecule has 1 heterocycles. The van der Waals surface area contributed by atoms with Crippen molar-refractivity contribution in [2.24, 2.45) is 5.92 Å². The molecule has 2 fully saturated rings. The van der Waals surface area contributed by atoms with E-state index in [4.69, 9.17) is 5.26 Å². The van der Waals surface area contributed by atoms with E-state index >= 15 is 0 Å². The first-order chi connectivity index (χ1) is 7.16. The zero-order chi connectivity index (χ0) is 10.9. The molecule has 3 amide bonds. The van der Waals surface area contributed by atoms with E-state index in [2.05, 4.69) is 16.7 Å². The van der Waals surface area contributed by atoms with Gasteiger partial charge in [-0.05, 0) is 31.6 Å². The van der Waals surface area contributed by atoms with E-state index in [0.717, 1.165) is 12.8 Å². The molecule has 0 radical (unpaired) electrons. The first kappa shape index (κ1) is 9.97.